The molecule has 0 aromatic heterocycles. The van der Waals surface area contributed by atoms with E-state index in [1.165, 1.54) is 25.5 Å². The topological polar surface area (TPSA) is 112 Å². The SMILES string of the molecule is COc1ccc(C(=O)N/N=C/c2cccc(OC)c2OCc2ccc([N+](=O)[O-])cc2)cc1. The van der Waals surface area contributed by atoms with Crippen LogP contribution in [-0.2, 0) is 6.61 Å². The van der Waals surface area contributed by atoms with E-state index in [2.05, 4.69) is 10.5 Å². The largest absolute Gasteiger partial charge is 0.497 e. The summed E-state index contributed by atoms with van der Waals surface area (Å²) < 4.78 is 16.3. The lowest BCUT2D eigenvalue weighted by molar-refractivity contribution is -0.384. The number of para-hydroxylation sites is 1. The normalized spacial score (nSPS) is 10.6. The number of methoxy groups -OCH3 is 2. The first-order valence-electron chi connectivity index (χ1n) is 9.52. The summed E-state index contributed by atoms with van der Waals surface area (Å²) in [6, 6.07) is 18.0. The number of hydrogen-bond acceptors (Lipinski definition) is 7. The van der Waals surface area contributed by atoms with E-state index in [0.29, 0.717) is 28.4 Å². The lowest BCUT2D eigenvalue weighted by atomic mass is 10.2. The molecule has 0 spiro atoms. The van der Waals surface area contributed by atoms with Crippen molar-refractivity contribution in [3.63, 3.8) is 0 Å². The fraction of sp³-hybridized carbons (Fsp3) is 0.130. The lowest BCUT2D eigenvalue weighted by Gasteiger charge is -2.13. The Morgan fingerprint density at radius 3 is 2.38 bits per heavy atom. The van der Waals surface area contributed by atoms with Crippen LogP contribution >= 0.6 is 0 Å². The maximum atomic E-state index is 12.3. The van der Waals surface area contributed by atoms with Gasteiger partial charge in [-0.05, 0) is 54.1 Å². The van der Waals surface area contributed by atoms with Crippen LogP contribution in [0.2, 0.25) is 0 Å². The maximum absolute atomic E-state index is 12.3. The molecule has 0 aliphatic rings. The van der Waals surface area contributed by atoms with Gasteiger partial charge in [0.25, 0.3) is 11.6 Å². The average Bonchev–Trinajstić information content (AvgIpc) is 2.83. The predicted octanol–water partition coefficient (Wildman–Crippen LogP) is 3.95. The van der Waals surface area contributed by atoms with E-state index in [1.807, 2.05) is 0 Å². The Bertz CT molecular complexity index is 1110. The number of carbonyl (C=O) groups excluding carboxylic acids is 1. The van der Waals surface area contributed by atoms with Crippen molar-refractivity contribution < 1.29 is 23.9 Å². The van der Waals surface area contributed by atoms with Crippen LogP contribution in [0, 0.1) is 10.1 Å². The van der Waals surface area contributed by atoms with Crippen molar-refractivity contribution in [2.45, 2.75) is 6.61 Å². The molecule has 164 valence electrons. The molecule has 0 bridgehead atoms. The number of nitro benzene ring substituents is 1. The zero-order valence-electron chi connectivity index (χ0n) is 17.5. The fourth-order valence-corrected chi connectivity index (χ4v) is 2.79. The van der Waals surface area contributed by atoms with Crippen LogP contribution in [-0.4, -0.2) is 31.3 Å². The molecule has 3 rings (SSSR count). The van der Waals surface area contributed by atoms with E-state index in [9.17, 15) is 14.9 Å². The standard InChI is InChI=1S/C23H21N3O6/c1-30-20-12-8-17(9-13-20)23(27)25-24-14-18-4-3-5-21(31-2)22(18)32-15-16-6-10-19(11-7-16)26(28)29/h3-14H,15H2,1-2H3,(H,25,27)/b24-14+. The third-order valence-corrected chi connectivity index (χ3v) is 4.48. The van der Waals surface area contributed by atoms with Crippen LogP contribution < -0.4 is 19.6 Å². The number of nitrogens with zero attached hydrogens (tertiary/aromatic N) is 2. The van der Waals surface area contributed by atoms with Crippen molar-refractivity contribution in [2.75, 3.05) is 14.2 Å². The van der Waals surface area contributed by atoms with Crippen LogP contribution in [0.15, 0.2) is 71.8 Å². The number of nitro groups is 1. The maximum Gasteiger partial charge on any atom is 0.271 e. The van der Waals surface area contributed by atoms with Crippen molar-refractivity contribution in [2.24, 2.45) is 5.10 Å². The molecular formula is C23H21N3O6. The molecule has 0 heterocycles. The summed E-state index contributed by atoms with van der Waals surface area (Å²) in [5.74, 6) is 1.18. The van der Waals surface area contributed by atoms with Crippen LogP contribution in [0.1, 0.15) is 21.5 Å². The smallest absolute Gasteiger partial charge is 0.271 e. The molecule has 0 fully saturated rings. The Morgan fingerprint density at radius 1 is 1.03 bits per heavy atom. The highest BCUT2D eigenvalue weighted by Crippen LogP contribution is 2.31. The number of hydrogen-bond donors (Lipinski definition) is 1. The van der Waals surface area contributed by atoms with E-state index in [0.717, 1.165) is 5.56 Å². The Morgan fingerprint density at radius 2 is 1.75 bits per heavy atom. The highest BCUT2D eigenvalue weighted by atomic mass is 16.6. The van der Waals surface area contributed by atoms with Crippen LogP contribution in [0.4, 0.5) is 5.69 Å². The number of carbonyl (C=O) groups is 1. The summed E-state index contributed by atoms with van der Waals surface area (Å²) in [6.45, 7) is 0.164. The molecule has 0 saturated carbocycles. The van der Waals surface area contributed by atoms with Gasteiger partial charge in [-0.3, -0.25) is 14.9 Å². The molecule has 0 radical (unpaired) electrons. The minimum Gasteiger partial charge on any atom is -0.497 e. The zero-order valence-corrected chi connectivity index (χ0v) is 17.5. The predicted molar refractivity (Wildman–Crippen MR) is 118 cm³/mol. The van der Waals surface area contributed by atoms with E-state index in [-0.39, 0.29) is 18.2 Å². The first kappa shape index (κ1) is 22.3. The van der Waals surface area contributed by atoms with Gasteiger partial charge in [0, 0.05) is 23.3 Å². The first-order valence-corrected chi connectivity index (χ1v) is 9.52. The van der Waals surface area contributed by atoms with Crippen molar-refractivity contribution in [3.05, 3.63) is 93.5 Å². The Hall–Kier alpha value is -4.40. The summed E-state index contributed by atoms with van der Waals surface area (Å²) in [7, 11) is 3.06. The number of rotatable bonds is 9. The van der Waals surface area contributed by atoms with Gasteiger partial charge in [0.2, 0.25) is 0 Å². The summed E-state index contributed by atoms with van der Waals surface area (Å²) in [5.41, 5.74) is 4.24. The highest BCUT2D eigenvalue weighted by molar-refractivity contribution is 5.95. The molecule has 0 atom stereocenters. The second-order valence-corrected chi connectivity index (χ2v) is 6.52. The van der Waals surface area contributed by atoms with Crippen LogP contribution in [0.3, 0.4) is 0 Å². The molecule has 9 nitrogen and oxygen atoms in total. The van der Waals surface area contributed by atoms with Gasteiger partial charge in [0.15, 0.2) is 11.5 Å². The molecular weight excluding hydrogens is 414 g/mol. The van der Waals surface area contributed by atoms with E-state index in [1.54, 1.807) is 61.7 Å². The monoisotopic (exact) mass is 435 g/mol. The zero-order chi connectivity index (χ0) is 22.9. The number of ether oxygens (including phenoxy) is 3. The third kappa shape index (κ3) is 5.60. The molecule has 3 aromatic carbocycles. The van der Waals surface area contributed by atoms with E-state index >= 15 is 0 Å². The van der Waals surface area contributed by atoms with Gasteiger partial charge in [-0.2, -0.15) is 5.10 Å². The molecule has 0 saturated heterocycles. The number of non-ortho nitro benzene ring substituents is 1. The van der Waals surface area contributed by atoms with E-state index in [4.69, 9.17) is 14.2 Å². The first-order chi connectivity index (χ1) is 15.5. The van der Waals surface area contributed by atoms with Gasteiger partial charge in [-0.25, -0.2) is 5.43 Å². The molecule has 9 heteroatoms. The van der Waals surface area contributed by atoms with Crippen molar-refractivity contribution in [1.82, 2.24) is 5.43 Å². The van der Waals surface area contributed by atoms with Crippen molar-refractivity contribution in [1.29, 1.82) is 0 Å². The molecule has 32 heavy (non-hydrogen) atoms. The summed E-state index contributed by atoms with van der Waals surface area (Å²) in [5, 5.41) is 14.8. The van der Waals surface area contributed by atoms with Crippen LogP contribution in [0.5, 0.6) is 17.2 Å². The second-order valence-electron chi connectivity index (χ2n) is 6.52. The Balaban J connectivity index is 1.70. The van der Waals surface area contributed by atoms with Gasteiger partial charge in [0.1, 0.15) is 12.4 Å². The third-order valence-electron chi connectivity index (χ3n) is 4.48. The number of nitrogens with one attached hydrogen (secondary N) is 1. The van der Waals surface area contributed by atoms with Gasteiger partial charge in [-0.1, -0.05) is 6.07 Å². The summed E-state index contributed by atoms with van der Waals surface area (Å²) in [6.07, 6.45) is 1.45. The van der Waals surface area contributed by atoms with Gasteiger partial charge < -0.3 is 14.2 Å². The number of benzene rings is 3. The highest BCUT2D eigenvalue weighted by Gasteiger charge is 2.11. The fourth-order valence-electron chi connectivity index (χ4n) is 2.79. The van der Waals surface area contributed by atoms with E-state index < -0.39 is 4.92 Å². The number of amides is 1. The lowest BCUT2D eigenvalue weighted by Crippen LogP contribution is -2.17. The van der Waals surface area contributed by atoms with Gasteiger partial charge >= 0.3 is 0 Å². The van der Waals surface area contributed by atoms with Gasteiger partial charge in [-0.15, -0.1) is 0 Å². The molecule has 0 unspecified atom stereocenters. The van der Waals surface area contributed by atoms with Crippen molar-refractivity contribution in [3.8, 4) is 17.2 Å². The minimum absolute atomic E-state index is 0.00599. The molecule has 3 aromatic rings. The second kappa shape index (κ2) is 10.6. The molecule has 0 aliphatic heterocycles. The van der Waals surface area contributed by atoms with Crippen LogP contribution in [0.25, 0.3) is 0 Å². The average molecular weight is 435 g/mol. The number of hydrazone groups is 1. The summed E-state index contributed by atoms with van der Waals surface area (Å²) >= 11 is 0. The molecule has 1 N–H and O–H groups in total. The molecule has 1 amide bonds. The minimum atomic E-state index is -0.459. The molecule has 0 aliphatic carbocycles. The summed E-state index contributed by atoms with van der Waals surface area (Å²) in [4.78, 5) is 22.6. The Kier molecular flexibility index (Phi) is 7.37. The quantitative estimate of drug-likeness (QED) is 0.309. The Labute approximate surface area is 184 Å². The van der Waals surface area contributed by atoms with Gasteiger partial charge in [0.05, 0.1) is 25.4 Å². The van der Waals surface area contributed by atoms with Crippen molar-refractivity contribution >= 4 is 17.8 Å².